The van der Waals surface area contributed by atoms with Crippen LogP contribution in [-0.2, 0) is 6.42 Å². The van der Waals surface area contributed by atoms with Gasteiger partial charge in [0.05, 0.1) is 0 Å². The summed E-state index contributed by atoms with van der Waals surface area (Å²) in [7, 11) is 0. The zero-order valence-corrected chi connectivity index (χ0v) is 14.6. The van der Waals surface area contributed by atoms with Crippen LogP contribution in [0.5, 0.6) is 5.75 Å². The van der Waals surface area contributed by atoms with Gasteiger partial charge in [-0.15, -0.1) is 0 Å². The molecule has 0 bridgehead atoms. The molecule has 0 amide bonds. The summed E-state index contributed by atoms with van der Waals surface area (Å²) in [5.74, 6) is -1.82. The van der Waals surface area contributed by atoms with Crippen molar-refractivity contribution in [2.75, 3.05) is 0 Å². The Morgan fingerprint density at radius 2 is 1.64 bits per heavy atom. The highest BCUT2D eigenvalue weighted by Crippen LogP contribution is 2.34. The molecule has 0 saturated heterocycles. The van der Waals surface area contributed by atoms with Crippen LogP contribution in [0.4, 0.5) is 17.6 Å². The first-order valence-electron chi connectivity index (χ1n) is 9.07. The molecule has 1 aliphatic rings. The number of aryl methyl sites for hydroxylation is 1. The van der Waals surface area contributed by atoms with Gasteiger partial charge in [-0.05, 0) is 68.1 Å². The molecule has 1 aliphatic carbocycles. The van der Waals surface area contributed by atoms with Gasteiger partial charge in [0.2, 0.25) is 0 Å². The van der Waals surface area contributed by atoms with Gasteiger partial charge in [-0.3, -0.25) is 0 Å². The third-order valence-electron chi connectivity index (χ3n) is 4.94. The maximum Gasteiger partial charge on any atom is 0.387 e. The van der Waals surface area contributed by atoms with Crippen molar-refractivity contribution in [3.05, 3.63) is 41.5 Å². The summed E-state index contributed by atoms with van der Waals surface area (Å²) in [6.45, 7) is -1.11. The summed E-state index contributed by atoms with van der Waals surface area (Å²) in [5, 5.41) is 0. The molecule has 0 aliphatic heterocycles. The second-order valence-electron chi connectivity index (χ2n) is 6.81. The zero-order chi connectivity index (χ0) is 18.2. The van der Waals surface area contributed by atoms with Crippen molar-refractivity contribution in [2.45, 2.75) is 64.9 Å². The molecule has 1 nitrogen and oxygen atoms in total. The van der Waals surface area contributed by atoms with Gasteiger partial charge in [0.1, 0.15) is 0 Å². The predicted molar refractivity (Wildman–Crippen MR) is 90.8 cm³/mol. The lowest BCUT2D eigenvalue weighted by molar-refractivity contribution is -0.0546. The van der Waals surface area contributed by atoms with E-state index in [4.69, 9.17) is 0 Å². The van der Waals surface area contributed by atoms with Crippen molar-refractivity contribution in [3.63, 3.8) is 0 Å². The molecule has 1 aromatic carbocycles. The van der Waals surface area contributed by atoms with E-state index in [1.54, 1.807) is 0 Å². The van der Waals surface area contributed by atoms with Crippen LogP contribution in [0.2, 0.25) is 0 Å². The van der Waals surface area contributed by atoms with Gasteiger partial charge in [0.25, 0.3) is 0 Å². The van der Waals surface area contributed by atoms with Gasteiger partial charge in [-0.1, -0.05) is 31.9 Å². The summed E-state index contributed by atoms with van der Waals surface area (Å²) < 4.78 is 55.6. The first-order valence-corrected chi connectivity index (χ1v) is 9.07. The van der Waals surface area contributed by atoms with Gasteiger partial charge in [-0.25, -0.2) is 8.78 Å². The number of rotatable bonds is 8. The van der Waals surface area contributed by atoms with E-state index in [0.29, 0.717) is 17.9 Å². The fourth-order valence-corrected chi connectivity index (χ4v) is 3.54. The molecular weight excluding hydrogens is 332 g/mol. The molecule has 2 rings (SSSR count). The molecule has 0 N–H and O–H groups in total. The third kappa shape index (κ3) is 6.37. The van der Waals surface area contributed by atoms with Crippen molar-refractivity contribution < 1.29 is 22.3 Å². The number of halogens is 4. The van der Waals surface area contributed by atoms with Crippen LogP contribution < -0.4 is 4.74 Å². The van der Waals surface area contributed by atoms with E-state index in [2.05, 4.69) is 23.8 Å². The minimum Gasteiger partial charge on any atom is -0.429 e. The Morgan fingerprint density at radius 1 is 1.04 bits per heavy atom. The average molecular weight is 358 g/mol. The van der Waals surface area contributed by atoms with Crippen molar-refractivity contribution in [3.8, 4) is 5.75 Å². The quantitative estimate of drug-likeness (QED) is 0.373. The lowest BCUT2D eigenvalue weighted by atomic mass is 9.78. The third-order valence-corrected chi connectivity index (χ3v) is 4.94. The molecule has 0 heterocycles. The maximum absolute atomic E-state index is 13.7. The topological polar surface area (TPSA) is 9.23 Å². The van der Waals surface area contributed by atoms with Crippen LogP contribution in [0, 0.1) is 23.5 Å². The highest BCUT2D eigenvalue weighted by atomic mass is 19.3. The maximum atomic E-state index is 13.7. The average Bonchev–Trinajstić information content (AvgIpc) is 2.57. The van der Waals surface area contributed by atoms with E-state index in [0.717, 1.165) is 50.2 Å². The monoisotopic (exact) mass is 358 g/mol. The number of alkyl halides is 2. The van der Waals surface area contributed by atoms with E-state index < -0.39 is 24.0 Å². The second kappa shape index (κ2) is 9.83. The number of allylic oxidation sites excluding steroid dienone is 2. The van der Waals surface area contributed by atoms with Crippen LogP contribution in [-0.4, -0.2) is 6.61 Å². The lowest BCUT2D eigenvalue weighted by Gasteiger charge is -2.28. The smallest absolute Gasteiger partial charge is 0.387 e. The molecule has 0 spiro atoms. The van der Waals surface area contributed by atoms with E-state index in [1.807, 2.05) is 0 Å². The van der Waals surface area contributed by atoms with Crippen molar-refractivity contribution in [1.82, 2.24) is 0 Å². The fraction of sp³-hybridized carbons (Fsp3) is 0.600. The van der Waals surface area contributed by atoms with E-state index >= 15 is 0 Å². The Bertz CT molecular complexity index is 540. The van der Waals surface area contributed by atoms with Gasteiger partial charge in [0, 0.05) is 0 Å². The normalized spacial score (nSPS) is 21.2. The Kier molecular flexibility index (Phi) is 7.79. The molecule has 25 heavy (non-hydrogen) atoms. The van der Waals surface area contributed by atoms with E-state index in [1.165, 1.54) is 12.8 Å². The van der Waals surface area contributed by atoms with Gasteiger partial charge in [0.15, 0.2) is 17.4 Å². The summed E-state index contributed by atoms with van der Waals surface area (Å²) in [5.41, 5.74) is 0.490. The Balaban J connectivity index is 1.81. The molecule has 5 heteroatoms. The fourth-order valence-electron chi connectivity index (χ4n) is 3.54. The minimum atomic E-state index is -3.24. The van der Waals surface area contributed by atoms with Crippen LogP contribution in [0.25, 0.3) is 0 Å². The summed E-state index contributed by atoms with van der Waals surface area (Å²) in [6, 6.07) is 2.20. The van der Waals surface area contributed by atoms with Gasteiger partial charge < -0.3 is 4.74 Å². The molecule has 0 radical (unpaired) electrons. The molecule has 0 atom stereocenters. The summed E-state index contributed by atoms with van der Waals surface area (Å²) in [6.07, 6.45) is 12.8. The molecular formula is C20H26F4O. The first-order chi connectivity index (χ1) is 12.0. The standard InChI is InChI=1S/C20H26F4O/c1-2-3-4-5-14-6-8-15(9-7-14)10-11-16-12-17(21)19(18(22)13-16)25-20(23)24/h3-4,12-15,20H,2,5-11H2,1H3/b4-3+/t14-,15-. The molecule has 1 saturated carbocycles. The van der Waals surface area contributed by atoms with Crippen molar-refractivity contribution in [2.24, 2.45) is 11.8 Å². The predicted octanol–water partition coefficient (Wildman–Crippen LogP) is 6.66. The highest BCUT2D eigenvalue weighted by Gasteiger charge is 2.21. The van der Waals surface area contributed by atoms with E-state index in [-0.39, 0.29) is 0 Å². The van der Waals surface area contributed by atoms with Crippen molar-refractivity contribution >= 4 is 0 Å². The van der Waals surface area contributed by atoms with Crippen LogP contribution >= 0.6 is 0 Å². The molecule has 1 aromatic rings. The summed E-state index contributed by atoms with van der Waals surface area (Å²) >= 11 is 0. The van der Waals surface area contributed by atoms with Gasteiger partial charge in [-0.2, -0.15) is 8.78 Å². The Morgan fingerprint density at radius 3 is 2.20 bits per heavy atom. The molecule has 140 valence electrons. The van der Waals surface area contributed by atoms with E-state index in [9.17, 15) is 17.6 Å². The van der Waals surface area contributed by atoms with Crippen LogP contribution in [0.1, 0.15) is 57.4 Å². The first kappa shape index (κ1) is 19.8. The van der Waals surface area contributed by atoms with Crippen molar-refractivity contribution in [1.29, 1.82) is 0 Å². The molecule has 0 aromatic heterocycles. The number of hydrogen-bond acceptors (Lipinski definition) is 1. The number of benzene rings is 1. The van der Waals surface area contributed by atoms with Crippen LogP contribution in [0.15, 0.2) is 24.3 Å². The van der Waals surface area contributed by atoms with Crippen LogP contribution in [0.3, 0.4) is 0 Å². The number of ether oxygens (including phenoxy) is 1. The lowest BCUT2D eigenvalue weighted by Crippen LogP contribution is -2.15. The van der Waals surface area contributed by atoms with Gasteiger partial charge >= 0.3 is 6.61 Å². The Hall–Kier alpha value is -1.52. The number of hydrogen-bond donors (Lipinski definition) is 0. The molecule has 0 unspecified atom stereocenters. The largest absolute Gasteiger partial charge is 0.429 e. The molecule has 1 fully saturated rings. The minimum absolute atomic E-state index is 0.490. The SMILES string of the molecule is CC/C=C/C[C@H]1CC[C@H](CCc2cc(F)c(OC(F)F)c(F)c2)CC1. The summed E-state index contributed by atoms with van der Waals surface area (Å²) in [4.78, 5) is 0. The highest BCUT2D eigenvalue weighted by molar-refractivity contribution is 5.31. The Labute approximate surface area is 147 Å². The zero-order valence-electron chi connectivity index (χ0n) is 14.6. The second-order valence-corrected chi connectivity index (χ2v) is 6.81.